The van der Waals surface area contributed by atoms with Crippen LogP contribution in [-0.2, 0) is 104 Å². The van der Waals surface area contributed by atoms with Crippen LogP contribution in [0.15, 0.2) is 109 Å². The molecule has 0 spiro atoms. The van der Waals surface area contributed by atoms with Gasteiger partial charge in [-0.25, -0.2) is 0 Å². The topological polar surface area (TPSA) is 317 Å². The van der Waals surface area contributed by atoms with Crippen molar-refractivity contribution in [2.75, 3.05) is 19.8 Å². The molecule has 9 rings (SSSR count). The molecule has 456 valence electrons. The number of imide groups is 2. The van der Waals surface area contributed by atoms with E-state index in [0.717, 1.165) is 46.4 Å². The van der Waals surface area contributed by atoms with E-state index in [0.29, 0.717) is 16.0 Å². The number of hydrogen-bond donors (Lipinski definition) is 1. The zero-order chi connectivity index (χ0) is 61.5. The van der Waals surface area contributed by atoms with Crippen molar-refractivity contribution in [1.82, 2.24) is 9.80 Å². The van der Waals surface area contributed by atoms with E-state index >= 15 is 0 Å². The van der Waals surface area contributed by atoms with Gasteiger partial charge in [0.15, 0.2) is 43.3 Å². The summed E-state index contributed by atoms with van der Waals surface area (Å²) in [6, 6.07) is 25.2. The van der Waals surface area contributed by atoms with Gasteiger partial charge in [0.2, 0.25) is 0 Å². The molecular formula is C60H62N2O24. The summed E-state index contributed by atoms with van der Waals surface area (Å²) < 4.78 is 80.5. The highest BCUT2D eigenvalue weighted by molar-refractivity contribution is 6.22. The molecular weight excluding hydrogens is 1130 g/mol. The Bertz CT molecular complexity index is 3130. The largest absolute Gasteiger partial charge is 0.463 e. The van der Waals surface area contributed by atoms with Crippen molar-refractivity contribution < 1.29 is 115 Å². The summed E-state index contributed by atoms with van der Waals surface area (Å²) in [5.74, 6) is -9.29. The van der Waals surface area contributed by atoms with Gasteiger partial charge in [0.25, 0.3) is 23.6 Å². The fraction of sp³-hybridized carbons (Fsp3) is 0.433. The Labute approximate surface area is 491 Å². The van der Waals surface area contributed by atoms with E-state index in [-0.39, 0.29) is 35.5 Å². The Kier molecular flexibility index (Phi) is 19.8. The number of aliphatic hydroxyl groups excluding tert-OH is 1. The summed E-state index contributed by atoms with van der Waals surface area (Å²) in [5, 5.41) is 12.6. The van der Waals surface area contributed by atoms with Gasteiger partial charge in [-0.3, -0.25) is 57.7 Å². The number of rotatable bonds is 21. The van der Waals surface area contributed by atoms with Crippen molar-refractivity contribution in [3.05, 3.63) is 143 Å². The first-order valence-electron chi connectivity index (χ1n) is 27.3. The van der Waals surface area contributed by atoms with Crippen molar-refractivity contribution in [3.63, 3.8) is 0 Å². The lowest BCUT2D eigenvalue weighted by Crippen LogP contribution is -2.71. The third kappa shape index (κ3) is 13.8. The van der Waals surface area contributed by atoms with E-state index in [4.69, 9.17) is 61.6 Å². The maximum Gasteiger partial charge on any atom is 0.303 e. The van der Waals surface area contributed by atoms with E-state index in [1.807, 2.05) is 0 Å². The SMILES string of the molecule is CC(=O)OCC1OC(OC2C(O)OC(COCc3ccccc3)C(OC3OC(COC(C)=O)C(OC(C)=O)C(OC(C)=O)C3N3C(=O)c4ccccc4C3=O)C2OCc2ccccc2)C(N2C(=O)c3ccccc3C2=O)C(OC(C)=O)C1OC(C)=O. The molecule has 0 bridgehead atoms. The van der Waals surface area contributed by atoms with Crippen LogP contribution in [0.3, 0.4) is 0 Å². The molecule has 4 aromatic rings. The van der Waals surface area contributed by atoms with Crippen molar-refractivity contribution in [1.29, 1.82) is 0 Å². The van der Waals surface area contributed by atoms with Crippen LogP contribution < -0.4 is 0 Å². The zero-order valence-electron chi connectivity index (χ0n) is 47.3. The maximum absolute atomic E-state index is 14.7. The van der Waals surface area contributed by atoms with Gasteiger partial charge in [-0.1, -0.05) is 84.9 Å². The highest BCUT2D eigenvalue weighted by Crippen LogP contribution is 2.41. The first kappa shape index (κ1) is 62.2. The second kappa shape index (κ2) is 27.4. The van der Waals surface area contributed by atoms with E-state index in [9.17, 15) is 53.1 Å². The van der Waals surface area contributed by atoms with Crippen molar-refractivity contribution in [2.45, 2.75) is 147 Å². The monoisotopic (exact) mass is 1190 g/mol. The molecule has 0 aliphatic carbocycles. The molecule has 1 N–H and O–H groups in total. The second-order valence-corrected chi connectivity index (χ2v) is 20.5. The van der Waals surface area contributed by atoms with Crippen LogP contribution in [0.25, 0.3) is 0 Å². The summed E-state index contributed by atoms with van der Waals surface area (Å²) in [7, 11) is 0. The zero-order valence-corrected chi connectivity index (χ0v) is 47.3. The number of benzene rings is 4. The highest BCUT2D eigenvalue weighted by atomic mass is 16.8. The number of amides is 4. The van der Waals surface area contributed by atoms with Crippen molar-refractivity contribution in [3.8, 4) is 0 Å². The van der Waals surface area contributed by atoms with Gasteiger partial charge in [-0.05, 0) is 35.4 Å². The molecule has 5 aliphatic heterocycles. The number of esters is 6. The minimum atomic E-state index is -2.16. The number of hydrogen-bond acceptors (Lipinski definition) is 24. The summed E-state index contributed by atoms with van der Waals surface area (Å²) in [4.78, 5) is 138. The Hall–Kier alpha value is -8.34. The van der Waals surface area contributed by atoms with E-state index in [2.05, 4.69) is 0 Å². The Morgan fingerprint density at radius 1 is 0.407 bits per heavy atom. The van der Waals surface area contributed by atoms with Gasteiger partial charge < -0.3 is 66.7 Å². The molecule has 0 radical (unpaired) electrons. The molecule has 15 unspecified atom stereocenters. The normalized spacial score (nSPS) is 28.7. The standard InChI is InChI=1S/C60H62N2O24/c1-30(63)75-28-43-47(78-32(3)65)50(80-34(5)67)45(61-54(69)38-21-13-14-22-39(38)55(61)70)59(83-43)85-49-42(27-74-25-36-17-9-7-10-18-36)82-58(73)53(52(49)77-26-37-19-11-8-12-20-37)86-60-46(62-56(71)40-23-15-16-24-41(40)57(62)72)51(81-35(6)68)48(79-33(4)66)44(84-60)29-76-31(2)64/h7-24,42-53,58-60,73H,25-29H2,1-6H3. The molecule has 0 aromatic heterocycles. The predicted octanol–water partition coefficient (Wildman–Crippen LogP) is 2.91. The molecule has 0 saturated carbocycles. The van der Waals surface area contributed by atoms with Gasteiger partial charge in [0.1, 0.15) is 61.9 Å². The average Bonchev–Trinajstić information content (AvgIpc) is 1.49. The quantitative estimate of drug-likeness (QED) is 0.0712. The average molecular weight is 1200 g/mol. The summed E-state index contributed by atoms with van der Waals surface area (Å²) in [5.41, 5.74) is 0.897. The van der Waals surface area contributed by atoms with Crippen LogP contribution in [0.1, 0.15) is 94.1 Å². The first-order chi connectivity index (χ1) is 41.2. The Balaban J connectivity index is 1.21. The first-order valence-corrected chi connectivity index (χ1v) is 27.3. The van der Waals surface area contributed by atoms with Crippen LogP contribution in [0.5, 0.6) is 0 Å². The van der Waals surface area contributed by atoms with Crippen molar-refractivity contribution in [2.24, 2.45) is 0 Å². The van der Waals surface area contributed by atoms with Crippen LogP contribution >= 0.6 is 0 Å². The van der Waals surface area contributed by atoms with Crippen molar-refractivity contribution >= 4 is 59.4 Å². The van der Waals surface area contributed by atoms with Gasteiger partial charge >= 0.3 is 35.8 Å². The van der Waals surface area contributed by atoms with Gasteiger partial charge in [-0.2, -0.15) is 0 Å². The number of carbonyl (C=O) groups excluding carboxylic acids is 10. The lowest BCUT2D eigenvalue weighted by molar-refractivity contribution is -0.378. The van der Waals surface area contributed by atoms with Crippen LogP contribution in [0.2, 0.25) is 0 Å². The number of carbonyl (C=O) groups is 10. The van der Waals surface area contributed by atoms with E-state index in [1.54, 1.807) is 60.7 Å². The number of nitrogens with zero attached hydrogens (tertiary/aromatic N) is 2. The summed E-state index contributed by atoms with van der Waals surface area (Å²) in [6.07, 6.45) is -23.7. The number of fused-ring (bicyclic) bond motifs is 2. The molecule has 4 amide bonds. The molecule has 5 aliphatic rings. The minimum Gasteiger partial charge on any atom is -0.463 e. The van der Waals surface area contributed by atoms with E-state index < -0.39 is 171 Å². The molecule has 15 atom stereocenters. The summed E-state index contributed by atoms with van der Waals surface area (Å²) in [6.45, 7) is 3.99. The van der Waals surface area contributed by atoms with Crippen LogP contribution in [-0.4, -0.2) is 186 Å². The van der Waals surface area contributed by atoms with Crippen LogP contribution in [0.4, 0.5) is 0 Å². The fourth-order valence-corrected chi connectivity index (χ4v) is 11.0. The molecule has 3 saturated heterocycles. The molecule has 5 heterocycles. The van der Waals surface area contributed by atoms with Gasteiger partial charge in [0.05, 0.1) is 42.1 Å². The lowest BCUT2D eigenvalue weighted by Gasteiger charge is -2.52. The third-order valence-corrected chi connectivity index (χ3v) is 14.5. The van der Waals surface area contributed by atoms with E-state index in [1.165, 1.54) is 48.5 Å². The van der Waals surface area contributed by atoms with Gasteiger partial charge in [0, 0.05) is 41.5 Å². The molecule has 86 heavy (non-hydrogen) atoms. The minimum absolute atomic E-state index is 0.0533. The Morgan fingerprint density at radius 3 is 1.14 bits per heavy atom. The van der Waals surface area contributed by atoms with Gasteiger partial charge in [-0.15, -0.1) is 0 Å². The van der Waals surface area contributed by atoms with Crippen LogP contribution in [0, 0.1) is 0 Å². The lowest BCUT2D eigenvalue weighted by atomic mass is 9.93. The summed E-state index contributed by atoms with van der Waals surface area (Å²) >= 11 is 0. The molecule has 4 aromatic carbocycles. The molecule has 3 fully saturated rings. The molecule has 26 heteroatoms. The fourth-order valence-electron chi connectivity index (χ4n) is 11.0. The molecule has 26 nitrogen and oxygen atoms in total. The smallest absolute Gasteiger partial charge is 0.303 e. The number of ether oxygens (including phenoxy) is 13. The second-order valence-electron chi connectivity index (χ2n) is 20.5. The predicted molar refractivity (Wildman–Crippen MR) is 286 cm³/mol. The highest BCUT2D eigenvalue weighted by Gasteiger charge is 2.62. The number of aliphatic hydroxyl groups is 1. The Morgan fingerprint density at radius 2 is 0.756 bits per heavy atom. The maximum atomic E-state index is 14.7. The third-order valence-electron chi connectivity index (χ3n) is 14.5.